The van der Waals surface area contributed by atoms with E-state index < -0.39 is 18.8 Å². The molecule has 0 aromatic heterocycles. The van der Waals surface area contributed by atoms with Gasteiger partial charge in [0.05, 0.1) is 20.8 Å². The smallest absolute Gasteiger partial charge is 0.164 e. The highest BCUT2D eigenvalue weighted by Crippen LogP contribution is 2.37. The summed E-state index contributed by atoms with van der Waals surface area (Å²) in [7, 11) is 2.98. The maximum atomic E-state index is 10.7. The number of aliphatic hydroxyl groups excluding tert-OH is 2. The number of aliphatic hydroxyl groups is 2. The lowest BCUT2D eigenvalue weighted by Gasteiger charge is -2.25. The topological polar surface area (TPSA) is 88.4 Å². The fraction of sp³-hybridized carbons (Fsp3) is 0.400. The number of ether oxygens (including phenoxy) is 3. The van der Waals surface area contributed by atoms with E-state index in [4.69, 9.17) is 14.2 Å². The molecule has 142 valence electrons. The van der Waals surface area contributed by atoms with Crippen molar-refractivity contribution in [2.24, 2.45) is 0 Å². The van der Waals surface area contributed by atoms with E-state index in [9.17, 15) is 15.3 Å². The number of phenolic OH excluding ortho intramolecular Hbond substituents is 1. The first-order valence-electron chi connectivity index (χ1n) is 8.30. The molecule has 2 aromatic rings. The molecule has 2 rings (SSSR count). The van der Waals surface area contributed by atoms with Crippen molar-refractivity contribution in [3.05, 3.63) is 46.5 Å². The molecule has 2 aromatic carbocycles. The van der Waals surface area contributed by atoms with Crippen LogP contribution in [0.4, 0.5) is 0 Å². The molecule has 0 spiro atoms. The van der Waals surface area contributed by atoms with Gasteiger partial charge in [0.1, 0.15) is 6.10 Å². The minimum atomic E-state index is -1.13. The van der Waals surface area contributed by atoms with Crippen molar-refractivity contribution < 1.29 is 29.5 Å². The van der Waals surface area contributed by atoms with Crippen molar-refractivity contribution in [1.29, 1.82) is 0 Å². The van der Waals surface area contributed by atoms with Gasteiger partial charge in [0.25, 0.3) is 0 Å². The van der Waals surface area contributed by atoms with Crippen LogP contribution in [0.1, 0.15) is 28.4 Å². The standard InChI is InChI=1S/C20H26O6/c1-11-6-13(3)20(16(7-11)25-5)26-17(10-21)19(23)14-8-12(2)18(22)15(9-14)24-4/h6-9,17,19,21-23H,10H2,1-5H3. The minimum absolute atomic E-state index is 0.0148. The van der Waals surface area contributed by atoms with Crippen LogP contribution in [0.15, 0.2) is 24.3 Å². The predicted molar refractivity (Wildman–Crippen MR) is 98.3 cm³/mol. The van der Waals surface area contributed by atoms with Crippen LogP contribution in [0.3, 0.4) is 0 Å². The Balaban J connectivity index is 2.36. The summed E-state index contributed by atoms with van der Waals surface area (Å²) in [6.45, 7) is 5.12. The second-order valence-corrected chi connectivity index (χ2v) is 6.29. The van der Waals surface area contributed by atoms with E-state index in [-0.39, 0.29) is 11.5 Å². The molecular weight excluding hydrogens is 336 g/mol. The fourth-order valence-electron chi connectivity index (χ4n) is 2.89. The summed E-state index contributed by atoms with van der Waals surface area (Å²) in [6, 6.07) is 6.93. The van der Waals surface area contributed by atoms with Gasteiger partial charge in [-0.15, -0.1) is 0 Å². The molecule has 26 heavy (non-hydrogen) atoms. The second-order valence-electron chi connectivity index (χ2n) is 6.29. The number of methoxy groups -OCH3 is 2. The molecule has 0 saturated carbocycles. The first kappa shape index (κ1) is 19.9. The zero-order valence-electron chi connectivity index (χ0n) is 15.7. The van der Waals surface area contributed by atoms with Crippen LogP contribution in [0, 0.1) is 20.8 Å². The zero-order chi connectivity index (χ0) is 19.4. The number of rotatable bonds is 7. The van der Waals surface area contributed by atoms with Crippen LogP contribution in [0.2, 0.25) is 0 Å². The van der Waals surface area contributed by atoms with E-state index in [1.54, 1.807) is 20.1 Å². The monoisotopic (exact) mass is 362 g/mol. The maximum Gasteiger partial charge on any atom is 0.164 e. The highest BCUT2D eigenvalue weighted by Gasteiger charge is 2.26. The predicted octanol–water partition coefficient (Wildman–Crippen LogP) is 2.81. The Labute approximate surface area is 153 Å². The molecule has 0 amide bonds. The van der Waals surface area contributed by atoms with Crippen molar-refractivity contribution >= 4 is 0 Å². The number of aromatic hydroxyl groups is 1. The molecule has 0 aliphatic carbocycles. The van der Waals surface area contributed by atoms with Gasteiger partial charge in [0.15, 0.2) is 29.1 Å². The van der Waals surface area contributed by atoms with Gasteiger partial charge in [0.2, 0.25) is 0 Å². The van der Waals surface area contributed by atoms with Crippen molar-refractivity contribution in [3.8, 4) is 23.0 Å². The third kappa shape index (κ3) is 4.03. The van der Waals surface area contributed by atoms with E-state index in [0.29, 0.717) is 22.6 Å². The van der Waals surface area contributed by atoms with Crippen molar-refractivity contribution in [3.63, 3.8) is 0 Å². The summed E-state index contributed by atoms with van der Waals surface area (Å²) in [4.78, 5) is 0. The van der Waals surface area contributed by atoms with Crippen molar-refractivity contribution in [2.45, 2.75) is 33.0 Å². The first-order valence-corrected chi connectivity index (χ1v) is 8.30. The first-order chi connectivity index (χ1) is 12.3. The van der Waals surface area contributed by atoms with Crippen molar-refractivity contribution in [1.82, 2.24) is 0 Å². The third-order valence-corrected chi connectivity index (χ3v) is 4.26. The molecule has 6 nitrogen and oxygen atoms in total. The number of benzene rings is 2. The summed E-state index contributed by atoms with van der Waals surface area (Å²) in [6.07, 6.45) is -2.04. The number of hydrogen-bond acceptors (Lipinski definition) is 6. The van der Waals surface area contributed by atoms with Gasteiger partial charge in [-0.3, -0.25) is 0 Å². The lowest BCUT2D eigenvalue weighted by atomic mass is 10.0. The minimum Gasteiger partial charge on any atom is -0.504 e. The van der Waals surface area contributed by atoms with E-state index in [0.717, 1.165) is 11.1 Å². The maximum absolute atomic E-state index is 10.7. The Morgan fingerprint density at radius 3 is 2.15 bits per heavy atom. The van der Waals surface area contributed by atoms with Crippen LogP contribution in [-0.2, 0) is 0 Å². The SMILES string of the molecule is COc1cc(C(O)C(CO)Oc2c(C)cc(C)cc2OC)cc(C)c1O. The molecule has 0 radical (unpaired) electrons. The summed E-state index contributed by atoms with van der Waals surface area (Å²) in [5.41, 5.74) is 2.89. The number of phenols is 1. The largest absolute Gasteiger partial charge is 0.504 e. The van der Waals surface area contributed by atoms with Crippen LogP contribution in [0.25, 0.3) is 0 Å². The van der Waals surface area contributed by atoms with Gasteiger partial charge in [-0.25, -0.2) is 0 Å². The summed E-state index contributed by atoms with van der Waals surface area (Å²) in [5.74, 6) is 1.27. The Morgan fingerprint density at radius 2 is 1.58 bits per heavy atom. The van der Waals surface area contributed by atoms with Crippen LogP contribution < -0.4 is 14.2 Å². The van der Waals surface area contributed by atoms with Gasteiger partial charge < -0.3 is 29.5 Å². The van der Waals surface area contributed by atoms with E-state index in [2.05, 4.69) is 0 Å². The normalized spacial score (nSPS) is 13.2. The molecule has 2 unspecified atom stereocenters. The Hall–Kier alpha value is -2.44. The van der Waals surface area contributed by atoms with Gasteiger partial charge >= 0.3 is 0 Å². The number of aryl methyl sites for hydroxylation is 3. The van der Waals surface area contributed by atoms with Gasteiger partial charge in [-0.2, -0.15) is 0 Å². The van der Waals surface area contributed by atoms with Crippen LogP contribution in [0.5, 0.6) is 23.0 Å². The summed E-state index contributed by atoms with van der Waals surface area (Å²) in [5, 5.41) is 30.5. The average molecular weight is 362 g/mol. The zero-order valence-corrected chi connectivity index (χ0v) is 15.7. The number of hydrogen-bond donors (Lipinski definition) is 3. The van der Waals surface area contributed by atoms with Gasteiger partial charge in [-0.05, 0) is 61.2 Å². The molecule has 0 saturated heterocycles. The molecule has 0 fully saturated rings. The summed E-state index contributed by atoms with van der Waals surface area (Å²) < 4.78 is 16.4. The lowest BCUT2D eigenvalue weighted by Crippen LogP contribution is -2.29. The molecule has 0 heterocycles. The van der Waals surface area contributed by atoms with Crippen LogP contribution in [-0.4, -0.2) is 42.3 Å². The van der Waals surface area contributed by atoms with E-state index in [1.807, 2.05) is 26.0 Å². The molecule has 6 heteroatoms. The molecule has 0 bridgehead atoms. The highest BCUT2D eigenvalue weighted by molar-refractivity contribution is 5.50. The Bertz CT molecular complexity index is 771. The molecule has 0 aliphatic rings. The van der Waals surface area contributed by atoms with Gasteiger partial charge in [-0.1, -0.05) is 6.07 Å². The van der Waals surface area contributed by atoms with Crippen molar-refractivity contribution in [2.75, 3.05) is 20.8 Å². The Morgan fingerprint density at radius 1 is 0.923 bits per heavy atom. The quantitative estimate of drug-likeness (QED) is 0.702. The van der Waals surface area contributed by atoms with Gasteiger partial charge in [0, 0.05) is 0 Å². The van der Waals surface area contributed by atoms with Crippen LogP contribution >= 0.6 is 0 Å². The van der Waals surface area contributed by atoms with E-state index in [1.165, 1.54) is 13.2 Å². The molecular formula is C20H26O6. The Kier molecular flexibility index (Phi) is 6.34. The summed E-state index contributed by atoms with van der Waals surface area (Å²) >= 11 is 0. The highest BCUT2D eigenvalue weighted by atomic mass is 16.5. The molecule has 2 atom stereocenters. The molecule has 3 N–H and O–H groups in total. The lowest BCUT2D eigenvalue weighted by molar-refractivity contribution is -0.000895. The third-order valence-electron chi connectivity index (χ3n) is 4.26. The average Bonchev–Trinajstić information content (AvgIpc) is 2.62. The molecule has 0 aliphatic heterocycles. The van der Waals surface area contributed by atoms with E-state index >= 15 is 0 Å². The fourth-order valence-corrected chi connectivity index (χ4v) is 2.89. The second kappa shape index (κ2) is 8.29.